The molecule has 0 spiro atoms. The molecule has 3 rings (SSSR count). The summed E-state index contributed by atoms with van der Waals surface area (Å²) in [6.45, 7) is 9.11. The van der Waals surface area contributed by atoms with E-state index in [9.17, 15) is 4.79 Å². The van der Waals surface area contributed by atoms with Crippen LogP contribution in [0.3, 0.4) is 0 Å². The second-order valence-corrected chi connectivity index (χ2v) is 9.23. The van der Waals surface area contributed by atoms with Crippen molar-refractivity contribution in [3.63, 3.8) is 0 Å². The van der Waals surface area contributed by atoms with E-state index in [-0.39, 0.29) is 5.56 Å². The van der Waals surface area contributed by atoms with E-state index in [1.54, 1.807) is 11.3 Å². The zero-order chi connectivity index (χ0) is 17.5. The summed E-state index contributed by atoms with van der Waals surface area (Å²) < 4.78 is 1.29. The number of nitrogen functional groups attached to an aromatic ring is 1. The number of aryl methyl sites for hydroxylation is 2. The molecule has 0 bridgehead atoms. The van der Waals surface area contributed by atoms with Crippen molar-refractivity contribution in [2.45, 2.75) is 72.6 Å². The highest BCUT2D eigenvalue weighted by molar-refractivity contribution is 7.18. The minimum atomic E-state index is -0.0572. The van der Waals surface area contributed by atoms with Gasteiger partial charge in [0.15, 0.2) is 0 Å². The Labute approximate surface area is 148 Å². The topological polar surface area (TPSA) is 60.9 Å². The minimum Gasteiger partial charge on any atom is -0.335 e. The van der Waals surface area contributed by atoms with E-state index in [1.165, 1.54) is 15.1 Å². The Balaban J connectivity index is 2.01. The van der Waals surface area contributed by atoms with Crippen molar-refractivity contribution in [2.75, 3.05) is 5.84 Å². The first kappa shape index (κ1) is 17.5. The Bertz CT molecular complexity index is 798. The van der Waals surface area contributed by atoms with Gasteiger partial charge in [-0.1, -0.05) is 40.5 Å². The van der Waals surface area contributed by atoms with Crippen LogP contribution in [0.2, 0.25) is 0 Å². The normalized spacial score (nSPS) is 18.1. The van der Waals surface area contributed by atoms with Gasteiger partial charge in [-0.15, -0.1) is 11.3 Å². The van der Waals surface area contributed by atoms with Crippen LogP contribution < -0.4 is 11.4 Å². The molecule has 0 fully saturated rings. The molecule has 0 amide bonds. The fourth-order valence-corrected chi connectivity index (χ4v) is 5.04. The molecule has 0 saturated carbocycles. The zero-order valence-electron chi connectivity index (χ0n) is 15.3. The number of hydrogen-bond acceptors (Lipinski definition) is 4. The summed E-state index contributed by atoms with van der Waals surface area (Å²) in [6, 6.07) is 0. The smallest absolute Gasteiger partial charge is 0.280 e. The Morgan fingerprint density at radius 2 is 2.08 bits per heavy atom. The highest BCUT2D eigenvalue weighted by Crippen LogP contribution is 2.42. The highest BCUT2D eigenvalue weighted by Gasteiger charge is 2.32. The second-order valence-electron chi connectivity index (χ2n) is 8.15. The molecule has 1 aliphatic rings. The fraction of sp³-hybridized carbons (Fsp3) is 0.684. The summed E-state index contributed by atoms with van der Waals surface area (Å²) >= 11 is 1.72. The second kappa shape index (κ2) is 6.51. The van der Waals surface area contributed by atoms with Gasteiger partial charge in [-0.25, -0.2) is 9.66 Å². The number of fused-ring (bicyclic) bond motifs is 3. The van der Waals surface area contributed by atoms with Crippen LogP contribution in [0.1, 0.15) is 69.6 Å². The third-order valence-corrected chi connectivity index (χ3v) is 6.56. The van der Waals surface area contributed by atoms with Crippen molar-refractivity contribution in [1.82, 2.24) is 9.66 Å². The summed E-state index contributed by atoms with van der Waals surface area (Å²) in [4.78, 5) is 19.8. The molecule has 0 aromatic carbocycles. The number of unbranched alkanes of at least 4 members (excludes halogenated alkanes) is 2. The van der Waals surface area contributed by atoms with Crippen LogP contribution in [0, 0.1) is 11.3 Å². The molecule has 24 heavy (non-hydrogen) atoms. The Kier molecular flexibility index (Phi) is 4.73. The SMILES string of the molecule is CCCCCc1nc2sc3c(c2c(=O)n1N)CC[C@H](C(C)(C)C)C3. The van der Waals surface area contributed by atoms with Crippen LogP contribution >= 0.6 is 11.3 Å². The van der Waals surface area contributed by atoms with Crippen molar-refractivity contribution in [3.05, 3.63) is 26.6 Å². The van der Waals surface area contributed by atoms with E-state index < -0.39 is 0 Å². The lowest BCUT2D eigenvalue weighted by Crippen LogP contribution is -2.32. The first-order valence-corrected chi connectivity index (χ1v) is 9.95. The van der Waals surface area contributed by atoms with Gasteiger partial charge >= 0.3 is 0 Å². The average molecular weight is 348 g/mol. The van der Waals surface area contributed by atoms with Crippen molar-refractivity contribution < 1.29 is 0 Å². The van der Waals surface area contributed by atoms with Crippen molar-refractivity contribution in [1.29, 1.82) is 0 Å². The molecule has 5 heteroatoms. The fourth-order valence-electron chi connectivity index (χ4n) is 3.73. The van der Waals surface area contributed by atoms with E-state index in [1.807, 2.05) is 0 Å². The lowest BCUT2D eigenvalue weighted by Gasteiger charge is -2.33. The van der Waals surface area contributed by atoms with Crippen LogP contribution in [0.5, 0.6) is 0 Å². The van der Waals surface area contributed by atoms with Crippen LogP contribution in [0.4, 0.5) is 0 Å². The average Bonchev–Trinajstić information content (AvgIpc) is 2.88. The standard InChI is InChI=1S/C19H29N3OS/c1-5-6-7-8-15-21-17-16(18(23)22(15)20)13-10-9-12(19(2,3)4)11-14(13)24-17/h12H,5-11,20H2,1-4H3/t12-/m0/s1. The maximum Gasteiger partial charge on any atom is 0.280 e. The molecule has 0 unspecified atom stereocenters. The molecule has 2 heterocycles. The first-order valence-electron chi connectivity index (χ1n) is 9.14. The number of nitrogens with two attached hydrogens (primary N) is 1. The summed E-state index contributed by atoms with van der Waals surface area (Å²) in [5.74, 6) is 7.46. The zero-order valence-corrected chi connectivity index (χ0v) is 16.1. The predicted octanol–water partition coefficient (Wildman–Crippen LogP) is 4.06. The molecule has 0 aliphatic heterocycles. The lowest BCUT2D eigenvalue weighted by atomic mass is 9.72. The Hall–Kier alpha value is -1.36. The molecule has 0 saturated heterocycles. The van der Waals surface area contributed by atoms with Gasteiger partial charge in [-0.2, -0.15) is 0 Å². The minimum absolute atomic E-state index is 0.0572. The lowest BCUT2D eigenvalue weighted by molar-refractivity contribution is 0.218. The molecule has 1 atom stereocenters. The van der Waals surface area contributed by atoms with Crippen LogP contribution in [-0.4, -0.2) is 9.66 Å². The van der Waals surface area contributed by atoms with Gasteiger partial charge in [-0.05, 0) is 42.6 Å². The van der Waals surface area contributed by atoms with Crippen molar-refractivity contribution in [3.8, 4) is 0 Å². The number of nitrogens with zero attached hydrogens (tertiary/aromatic N) is 2. The van der Waals surface area contributed by atoms with Crippen LogP contribution in [0.25, 0.3) is 10.2 Å². The maximum absolute atomic E-state index is 12.8. The summed E-state index contributed by atoms with van der Waals surface area (Å²) in [5, 5.41) is 0.782. The Morgan fingerprint density at radius 1 is 1.33 bits per heavy atom. The van der Waals surface area contributed by atoms with E-state index in [0.29, 0.717) is 11.3 Å². The monoisotopic (exact) mass is 347 g/mol. The third-order valence-electron chi connectivity index (χ3n) is 5.42. The van der Waals surface area contributed by atoms with Gasteiger partial charge in [-0.3, -0.25) is 4.79 Å². The highest BCUT2D eigenvalue weighted by atomic mass is 32.1. The van der Waals surface area contributed by atoms with Crippen LogP contribution in [0.15, 0.2) is 4.79 Å². The Morgan fingerprint density at radius 3 is 2.75 bits per heavy atom. The summed E-state index contributed by atoms with van der Waals surface area (Å²) in [6.07, 6.45) is 7.29. The first-order chi connectivity index (χ1) is 11.3. The van der Waals surface area contributed by atoms with E-state index in [0.717, 1.165) is 61.0 Å². The number of rotatable bonds is 4. The number of aromatic nitrogens is 2. The van der Waals surface area contributed by atoms with Crippen molar-refractivity contribution >= 4 is 21.6 Å². The molecule has 2 aromatic rings. The van der Waals surface area contributed by atoms with Gasteiger partial charge in [0.1, 0.15) is 10.7 Å². The van der Waals surface area contributed by atoms with Gasteiger partial charge in [0.25, 0.3) is 5.56 Å². The molecular weight excluding hydrogens is 318 g/mol. The molecule has 1 aliphatic carbocycles. The summed E-state index contributed by atoms with van der Waals surface area (Å²) in [5.41, 5.74) is 1.46. The predicted molar refractivity (Wildman–Crippen MR) is 102 cm³/mol. The molecule has 2 aromatic heterocycles. The summed E-state index contributed by atoms with van der Waals surface area (Å²) in [7, 11) is 0. The van der Waals surface area contributed by atoms with Crippen LogP contribution in [-0.2, 0) is 19.3 Å². The quantitative estimate of drug-likeness (QED) is 0.670. The number of thiophene rings is 1. The van der Waals surface area contributed by atoms with Gasteiger partial charge in [0, 0.05) is 11.3 Å². The van der Waals surface area contributed by atoms with Gasteiger partial charge in [0.05, 0.1) is 5.39 Å². The van der Waals surface area contributed by atoms with E-state index >= 15 is 0 Å². The van der Waals surface area contributed by atoms with E-state index in [2.05, 4.69) is 27.7 Å². The molecular formula is C19H29N3OS. The largest absolute Gasteiger partial charge is 0.335 e. The maximum atomic E-state index is 12.8. The number of hydrogen-bond donors (Lipinski definition) is 1. The third kappa shape index (κ3) is 3.10. The molecule has 0 radical (unpaired) electrons. The van der Waals surface area contributed by atoms with E-state index in [4.69, 9.17) is 10.8 Å². The van der Waals surface area contributed by atoms with Gasteiger partial charge < -0.3 is 5.84 Å². The molecule has 4 nitrogen and oxygen atoms in total. The molecule has 132 valence electrons. The van der Waals surface area contributed by atoms with Crippen molar-refractivity contribution in [2.24, 2.45) is 11.3 Å². The molecule has 2 N–H and O–H groups in total. The van der Waals surface area contributed by atoms with Gasteiger partial charge in [0.2, 0.25) is 0 Å².